The van der Waals surface area contributed by atoms with Gasteiger partial charge in [0.25, 0.3) is 5.91 Å². The second-order valence-electron chi connectivity index (χ2n) is 7.29. The van der Waals surface area contributed by atoms with E-state index in [-0.39, 0.29) is 16.9 Å². The number of halogens is 4. The molecule has 0 fully saturated rings. The highest BCUT2D eigenvalue weighted by atomic mass is 79.9. The van der Waals surface area contributed by atoms with Crippen molar-refractivity contribution >= 4 is 45.0 Å². The fraction of sp³-hybridized carbons (Fsp3) is 0.263. The molecule has 2 rings (SSSR count). The first-order valence-electron chi connectivity index (χ1n) is 8.83. The van der Waals surface area contributed by atoms with Crippen molar-refractivity contribution in [2.45, 2.75) is 32.7 Å². The predicted octanol–water partition coefficient (Wildman–Crippen LogP) is 5.53. The van der Waals surface area contributed by atoms with Crippen molar-refractivity contribution in [2.24, 2.45) is 0 Å². The number of carbonyl (C=O) groups is 2. The molecule has 4 N–H and O–H groups in total. The SMILES string of the molecule is CC(C)(C)OC(=O)Nc1cc(Br)ccc1C(=O)Nc1ccc(OC(F)(F)F)c(N(O)O)c1. The maximum atomic E-state index is 12.7. The molecule has 9 nitrogen and oxygen atoms in total. The van der Waals surface area contributed by atoms with Gasteiger partial charge in [-0.3, -0.25) is 20.5 Å². The summed E-state index contributed by atoms with van der Waals surface area (Å²) in [6.07, 6.45) is -5.88. The zero-order chi connectivity index (χ0) is 24.3. The summed E-state index contributed by atoms with van der Waals surface area (Å²) in [4.78, 5) is 24.8. The largest absolute Gasteiger partial charge is 0.573 e. The van der Waals surface area contributed by atoms with Crippen molar-refractivity contribution < 1.29 is 42.6 Å². The number of hydrogen-bond donors (Lipinski definition) is 4. The van der Waals surface area contributed by atoms with Crippen LogP contribution in [0.15, 0.2) is 40.9 Å². The van der Waals surface area contributed by atoms with Crippen molar-refractivity contribution in [1.29, 1.82) is 0 Å². The highest BCUT2D eigenvalue weighted by molar-refractivity contribution is 9.10. The van der Waals surface area contributed by atoms with E-state index in [4.69, 9.17) is 4.74 Å². The van der Waals surface area contributed by atoms with Gasteiger partial charge >= 0.3 is 12.5 Å². The Bertz CT molecular complexity index is 1010. The Hall–Kier alpha value is -3.03. The van der Waals surface area contributed by atoms with Gasteiger partial charge < -0.3 is 14.8 Å². The van der Waals surface area contributed by atoms with Gasteiger partial charge in [0, 0.05) is 10.2 Å². The van der Waals surface area contributed by atoms with Gasteiger partial charge in [-0.2, -0.15) is 0 Å². The average molecular weight is 522 g/mol. The molecular weight excluding hydrogens is 503 g/mol. The van der Waals surface area contributed by atoms with Crippen molar-refractivity contribution in [2.75, 3.05) is 15.9 Å². The van der Waals surface area contributed by atoms with Crippen molar-refractivity contribution in [3.8, 4) is 5.75 Å². The van der Waals surface area contributed by atoms with Crippen LogP contribution in [0.4, 0.5) is 35.0 Å². The first-order valence-corrected chi connectivity index (χ1v) is 9.62. The zero-order valence-electron chi connectivity index (χ0n) is 17.0. The first kappa shape index (κ1) is 25.2. The molecule has 0 radical (unpaired) electrons. The van der Waals surface area contributed by atoms with E-state index < -0.39 is 40.6 Å². The van der Waals surface area contributed by atoms with Crippen LogP contribution >= 0.6 is 15.9 Å². The number of nitrogens with one attached hydrogen (secondary N) is 2. The van der Waals surface area contributed by atoms with E-state index in [1.807, 2.05) is 0 Å². The van der Waals surface area contributed by atoms with E-state index in [2.05, 4.69) is 31.3 Å². The zero-order valence-corrected chi connectivity index (χ0v) is 18.5. The summed E-state index contributed by atoms with van der Waals surface area (Å²) in [6.45, 7) is 4.99. The van der Waals surface area contributed by atoms with Crippen molar-refractivity contribution in [3.63, 3.8) is 0 Å². The number of nitrogens with zero attached hydrogens (tertiary/aromatic N) is 1. The minimum absolute atomic E-state index is 0.00100. The number of rotatable bonds is 5. The van der Waals surface area contributed by atoms with Gasteiger partial charge in [0.15, 0.2) is 5.75 Å². The van der Waals surface area contributed by atoms with E-state index >= 15 is 0 Å². The summed E-state index contributed by atoms with van der Waals surface area (Å²) in [7, 11) is 0. The second-order valence-corrected chi connectivity index (χ2v) is 8.21. The van der Waals surface area contributed by atoms with Gasteiger partial charge in [0.1, 0.15) is 11.3 Å². The Labute approximate surface area is 188 Å². The van der Waals surface area contributed by atoms with Crippen molar-refractivity contribution in [3.05, 3.63) is 46.4 Å². The van der Waals surface area contributed by atoms with Crippen LogP contribution in [0, 0.1) is 0 Å². The molecule has 2 aromatic rings. The lowest BCUT2D eigenvalue weighted by Gasteiger charge is -2.20. The maximum Gasteiger partial charge on any atom is 0.573 e. The highest BCUT2D eigenvalue weighted by Crippen LogP contribution is 2.34. The molecule has 32 heavy (non-hydrogen) atoms. The van der Waals surface area contributed by atoms with Crippen LogP contribution < -0.4 is 20.6 Å². The molecule has 0 heterocycles. The summed E-state index contributed by atoms with van der Waals surface area (Å²) in [5.74, 6) is -1.65. The van der Waals surface area contributed by atoms with Crippen LogP contribution in [0.1, 0.15) is 31.1 Å². The molecule has 0 saturated carbocycles. The number of alkyl halides is 3. The molecule has 0 spiro atoms. The Morgan fingerprint density at radius 1 is 1.03 bits per heavy atom. The second kappa shape index (κ2) is 9.63. The summed E-state index contributed by atoms with van der Waals surface area (Å²) in [6, 6.07) is 7.07. The maximum absolute atomic E-state index is 12.7. The molecule has 2 aromatic carbocycles. The van der Waals surface area contributed by atoms with Crippen LogP contribution in [0.3, 0.4) is 0 Å². The number of amides is 2. The van der Waals surface area contributed by atoms with Gasteiger partial charge in [-0.1, -0.05) is 15.9 Å². The van der Waals surface area contributed by atoms with Gasteiger partial charge in [0.2, 0.25) is 0 Å². The molecule has 0 bridgehead atoms. The third-order valence-electron chi connectivity index (χ3n) is 3.52. The minimum Gasteiger partial charge on any atom is -0.444 e. The van der Waals surface area contributed by atoms with E-state index in [9.17, 15) is 33.2 Å². The predicted molar refractivity (Wildman–Crippen MR) is 111 cm³/mol. The lowest BCUT2D eigenvalue weighted by atomic mass is 10.1. The number of ether oxygens (including phenoxy) is 2. The van der Waals surface area contributed by atoms with E-state index in [1.165, 1.54) is 18.2 Å². The van der Waals surface area contributed by atoms with Crippen molar-refractivity contribution in [1.82, 2.24) is 0 Å². The molecule has 174 valence electrons. The molecule has 0 aliphatic carbocycles. The molecule has 0 aromatic heterocycles. The molecule has 0 aliphatic heterocycles. The summed E-state index contributed by atoms with van der Waals surface area (Å²) < 4.78 is 46.9. The van der Waals surface area contributed by atoms with Gasteiger partial charge in [-0.25, -0.2) is 4.79 Å². The van der Waals surface area contributed by atoms with E-state index in [0.717, 1.165) is 18.2 Å². The van der Waals surface area contributed by atoms with Gasteiger partial charge in [-0.05, 0) is 57.2 Å². The van der Waals surface area contributed by atoms with Gasteiger partial charge in [0.05, 0.1) is 11.3 Å². The quantitative estimate of drug-likeness (QED) is 0.381. The standard InChI is InChI=1S/C19H19BrF3N3O6/c1-18(2,3)32-17(28)25-13-8-10(20)4-6-12(13)16(27)24-11-5-7-15(31-19(21,22)23)14(9-11)26(29)30/h4-9,29-30H,1-3H3,(H,24,27)(H,25,28). The van der Waals surface area contributed by atoms with E-state index in [0.29, 0.717) is 4.47 Å². The fourth-order valence-corrected chi connectivity index (χ4v) is 2.75. The lowest BCUT2D eigenvalue weighted by molar-refractivity contribution is -0.274. The minimum atomic E-state index is -5.07. The molecule has 0 atom stereocenters. The topological polar surface area (TPSA) is 120 Å². The third-order valence-corrected chi connectivity index (χ3v) is 4.01. The monoisotopic (exact) mass is 521 g/mol. The number of anilines is 3. The van der Waals surface area contributed by atoms with Crippen LogP contribution in [0.25, 0.3) is 0 Å². The highest BCUT2D eigenvalue weighted by Gasteiger charge is 2.33. The number of hydrogen-bond acceptors (Lipinski definition) is 7. The van der Waals surface area contributed by atoms with E-state index in [1.54, 1.807) is 20.8 Å². The fourth-order valence-electron chi connectivity index (χ4n) is 2.39. The third kappa shape index (κ3) is 7.59. The summed E-state index contributed by atoms with van der Waals surface area (Å²) >= 11 is 3.23. The van der Waals surface area contributed by atoms with Crippen LogP contribution in [0.5, 0.6) is 5.75 Å². The molecular formula is C19H19BrF3N3O6. The Kier molecular flexibility index (Phi) is 7.59. The lowest BCUT2D eigenvalue weighted by Crippen LogP contribution is -2.28. The molecule has 2 amide bonds. The number of benzene rings is 2. The Morgan fingerprint density at radius 3 is 2.25 bits per heavy atom. The first-order chi connectivity index (χ1) is 14.6. The normalized spacial score (nSPS) is 11.5. The molecule has 0 aliphatic rings. The molecule has 0 saturated heterocycles. The Balaban J connectivity index is 2.29. The summed E-state index contributed by atoms with van der Waals surface area (Å²) in [5, 5.41) is 22.7. The average Bonchev–Trinajstić information content (AvgIpc) is 2.59. The number of carbonyl (C=O) groups excluding carboxylic acids is 2. The summed E-state index contributed by atoms with van der Waals surface area (Å²) in [5.41, 5.74) is -1.55. The van der Waals surface area contributed by atoms with Crippen LogP contribution in [-0.4, -0.2) is 34.4 Å². The Morgan fingerprint density at radius 2 is 1.69 bits per heavy atom. The van der Waals surface area contributed by atoms with Crippen LogP contribution in [0.2, 0.25) is 0 Å². The molecule has 0 unspecified atom stereocenters. The smallest absolute Gasteiger partial charge is 0.444 e. The van der Waals surface area contributed by atoms with Crippen LogP contribution in [-0.2, 0) is 4.74 Å². The van der Waals surface area contributed by atoms with Gasteiger partial charge in [-0.15, -0.1) is 18.4 Å². The molecule has 13 heteroatoms.